The molecule has 1 heterocycles. The molecule has 1 aliphatic heterocycles. The van der Waals surface area contributed by atoms with Crippen LogP contribution in [-0.2, 0) is 9.59 Å². The van der Waals surface area contributed by atoms with Crippen molar-refractivity contribution in [2.75, 3.05) is 18.4 Å². The Morgan fingerprint density at radius 2 is 1.62 bits per heavy atom. The van der Waals surface area contributed by atoms with Crippen molar-refractivity contribution in [1.82, 2.24) is 4.90 Å². The maximum absolute atomic E-state index is 12.7. The monoisotopic (exact) mass is 394 g/mol. The third kappa shape index (κ3) is 5.44. The zero-order chi connectivity index (χ0) is 20.8. The summed E-state index contributed by atoms with van der Waals surface area (Å²) in [6.45, 7) is 4.28. The van der Waals surface area contributed by atoms with Crippen LogP contribution in [0, 0.1) is 5.92 Å². The number of piperidine rings is 1. The molecule has 6 heteroatoms. The van der Waals surface area contributed by atoms with E-state index in [-0.39, 0.29) is 23.5 Å². The van der Waals surface area contributed by atoms with Gasteiger partial charge in [-0.05, 0) is 63.1 Å². The van der Waals surface area contributed by atoms with Crippen LogP contribution in [-0.4, -0.2) is 41.7 Å². The number of benzene rings is 2. The number of carbonyl (C=O) groups is 3. The molecular weight excluding hydrogens is 368 g/mol. The van der Waals surface area contributed by atoms with Gasteiger partial charge in [0.15, 0.2) is 11.9 Å². The summed E-state index contributed by atoms with van der Waals surface area (Å²) in [7, 11) is 0. The number of nitrogens with zero attached hydrogens (tertiary/aromatic N) is 1. The largest absolute Gasteiger partial charge is 0.481 e. The molecule has 0 aliphatic carbocycles. The first kappa shape index (κ1) is 20.6. The molecule has 2 amide bonds. The lowest BCUT2D eigenvalue weighted by atomic mass is 9.95. The van der Waals surface area contributed by atoms with Gasteiger partial charge in [-0.2, -0.15) is 0 Å². The number of carbonyl (C=O) groups excluding carboxylic acids is 3. The molecule has 0 aromatic heterocycles. The van der Waals surface area contributed by atoms with Crippen molar-refractivity contribution >= 4 is 23.3 Å². The molecule has 2 aromatic carbocycles. The van der Waals surface area contributed by atoms with Gasteiger partial charge >= 0.3 is 0 Å². The summed E-state index contributed by atoms with van der Waals surface area (Å²) in [6, 6.07) is 16.1. The number of ether oxygens (including phenoxy) is 1. The molecule has 1 fully saturated rings. The smallest absolute Gasteiger partial charge is 0.263 e. The summed E-state index contributed by atoms with van der Waals surface area (Å²) in [5, 5.41) is 2.93. The molecule has 6 nitrogen and oxygen atoms in total. The van der Waals surface area contributed by atoms with Crippen molar-refractivity contribution in [3.63, 3.8) is 0 Å². The van der Waals surface area contributed by atoms with Crippen LogP contribution >= 0.6 is 0 Å². The topological polar surface area (TPSA) is 75.7 Å². The molecule has 2 aromatic rings. The van der Waals surface area contributed by atoms with E-state index in [1.54, 1.807) is 36.1 Å². The van der Waals surface area contributed by atoms with Gasteiger partial charge in [0.25, 0.3) is 5.91 Å². The number of anilines is 1. The number of rotatable bonds is 6. The highest BCUT2D eigenvalue weighted by molar-refractivity contribution is 5.94. The van der Waals surface area contributed by atoms with E-state index in [1.807, 2.05) is 30.3 Å². The molecule has 1 N–H and O–H groups in total. The Morgan fingerprint density at radius 3 is 2.21 bits per heavy atom. The minimum atomic E-state index is -0.632. The number of para-hydroxylation sites is 1. The van der Waals surface area contributed by atoms with Gasteiger partial charge in [-0.1, -0.05) is 18.2 Å². The summed E-state index contributed by atoms with van der Waals surface area (Å²) in [5.41, 5.74) is 1.39. The predicted molar refractivity (Wildman–Crippen MR) is 111 cm³/mol. The van der Waals surface area contributed by atoms with E-state index in [1.165, 1.54) is 6.92 Å². The molecule has 29 heavy (non-hydrogen) atoms. The average Bonchev–Trinajstić information content (AvgIpc) is 2.74. The van der Waals surface area contributed by atoms with E-state index in [2.05, 4.69) is 5.32 Å². The van der Waals surface area contributed by atoms with Crippen molar-refractivity contribution in [3.8, 4) is 5.75 Å². The summed E-state index contributed by atoms with van der Waals surface area (Å²) >= 11 is 0. The molecule has 3 rings (SSSR count). The average molecular weight is 394 g/mol. The van der Waals surface area contributed by atoms with Gasteiger partial charge in [0.2, 0.25) is 5.91 Å². The highest BCUT2D eigenvalue weighted by Gasteiger charge is 2.30. The van der Waals surface area contributed by atoms with E-state index >= 15 is 0 Å². The van der Waals surface area contributed by atoms with E-state index < -0.39 is 6.10 Å². The van der Waals surface area contributed by atoms with Gasteiger partial charge in [0.05, 0.1) is 0 Å². The fourth-order valence-corrected chi connectivity index (χ4v) is 3.41. The lowest BCUT2D eigenvalue weighted by Crippen LogP contribution is -2.46. The molecule has 0 saturated carbocycles. The molecule has 1 saturated heterocycles. The van der Waals surface area contributed by atoms with Gasteiger partial charge in [0.1, 0.15) is 5.75 Å². The Balaban J connectivity index is 1.48. The molecule has 1 aliphatic rings. The Labute approximate surface area is 170 Å². The molecule has 1 atom stereocenters. The van der Waals surface area contributed by atoms with Gasteiger partial charge in [-0.15, -0.1) is 0 Å². The van der Waals surface area contributed by atoms with Crippen molar-refractivity contribution < 1.29 is 19.1 Å². The summed E-state index contributed by atoms with van der Waals surface area (Å²) in [4.78, 5) is 38.2. The molecule has 152 valence electrons. The van der Waals surface area contributed by atoms with Gasteiger partial charge < -0.3 is 15.0 Å². The van der Waals surface area contributed by atoms with Crippen LogP contribution in [0.4, 0.5) is 5.69 Å². The number of nitrogens with one attached hydrogen (secondary N) is 1. The van der Waals surface area contributed by atoms with Gasteiger partial charge in [-0.3, -0.25) is 14.4 Å². The second-order valence-corrected chi connectivity index (χ2v) is 7.30. The standard InChI is InChI=1S/C23H26N2O4/c1-16(26)18-8-10-21(11-9-18)29-17(2)23(28)25-14-12-19(13-15-25)22(27)24-20-6-4-3-5-7-20/h3-11,17,19H,12-15H2,1-2H3,(H,24,27). The SMILES string of the molecule is CC(=O)c1ccc(OC(C)C(=O)N2CCC(C(=O)Nc3ccccc3)CC2)cc1. The van der Waals surface area contributed by atoms with Crippen LogP contribution in [0.1, 0.15) is 37.0 Å². The second-order valence-electron chi connectivity index (χ2n) is 7.30. The van der Waals surface area contributed by atoms with E-state index in [4.69, 9.17) is 4.74 Å². The van der Waals surface area contributed by atoms with Crippen LogP contribution in [0.5, 0.6) is 5.75 Å². The highest BCUT2D eigenvalue weighted by atomic mass is 16.5. The predicted octanol–water partition coefficient (Wildman–Crippen LogP) is 3.53. The number of amides is 2. The fraction of sp³-hybridized carbons (Fsp3) is 0.348. The number of hydrogen-bond acceptors (Lipinski definition) is 4. The molecule has 0 spiro atoms. The first-order valence-electron chi connectivity index (χ1n) is 9.86. The molecular formula is C23H26N2O4. The third-order valence-electron chi connectivity index (χ3n) is 5.14. The summed E-state index contributed by atoms with van der Waals surface area (Å²) < 4.78 is 5.74. The van der Waals surface area contributed by atoms with Crippen molar-refractivity contribution in [2.45, 2.75) is 32.8 Å². The molecule has 0 radical (unpaired) electrons. The Hall–Kier alpha value is -3.15. The van der Waals surface area contributed by atoms with E-state index in [0.717, 1.165) is 5.69 Å². The zero-order valence-corrected chi connectivity index (χ0v) is 16.8. The molecule has 1 unspecified atom stereocenters. The van der Waals surface area contributed by atoms with Gasteiger partial charge in [-0.25, -0.2) is 0 Å². The highest BCUT2D eigenvalue weighted by Crippen LogP contribution is 2.21. The second kappa shape index (κ2) is 9.37. The fourth-order valence-electron chi connectivity index (χ4n) is 3.41. The number of Topliss-reactive ketones (excluding diaryl/α,β-unsaturated/α-hetero) is 1. The van der Waals surface area contributed by atoms with E-state index in [9.17, 15) is 14.4 Å². The molecule has 0 bridgehead atoms. The Kier molecular flexibility index (Phi) is 6.65. The first-order chi connectivity index (χ1) is 13.9. The Morgan fingerprint density at radius 1 is 1.00 bits per heavy atom. The maximum atomic E-state index is 12.7. The van der Waals surface area contributed by atoms with Crippen LogP contribution < -0.4 is 10.1 Å². The number of hydrogen-bond donors (Lipinski definition) is 1. The minimum Gasteiger partial charge on any atom is -0.481 e. The van der Waals surface area contributed by atoms with Crippen LogP contribution in [0.15, 0.2) is 54.6 Å². The van der Waals surface area contributed by atoms with Crippen molar-refractivity contribution in [1.29, 1.82) is 0 Å². The number of likely N-dealkylation sites (tertiary alicyclic amines) is 1. The Bertz CT molecular complexity index is 856. The third-order valence-corrected chi connectivity index (χ3v) is 5.14. The van der Waals surface area contributed by atoms with Gasteiger partial charge in [0, 0.05) is 30.3 Å². The van der Waals surface area contributed by atoms with Crippen molar-refractivity contribution in [3.05, 3.63) is 60.2 Å². The number of ketones is 1. The lowest BCUT2D eigenvalue weighted by Gasteiger charge is -2.33. The summed E-state index contributed by atoms with van der Waals surface area (Å²) in [5.74, 6) is 0.336. The van der Waals surface area contributed by atoms with Crippen LogP contribution in [0.3, 0.4) is 0 Å². The zero-order valence-electron chi connectivity index (χ0n) is 16.8. The van der Waals surface area contributed by atoms with Crippen LogP contribution in [0.2, 0.25) is 0 Å². The van der Waals surface area contributed by atoms with Crippen LogP contribution in [0.25, 0.3) is 0 Å². The summed E-state index contributed by atoms with van der Waals surface area (Å²) in [6.07, 6.45) is 0.627. The minimum absolute atomic E-state index is 0.00171. The maximum Gasteiger partial charge on any atom is 0.263 e. The first-order valence-corrected chi connectivity index (χ1v) is 9.86. The quantitative estimate of drug-likeness (QED) is 0.761. The van der Waals surface area contributed by atoms with E-state index in [0.29, 0.717) is 37.2 Å². The van der Waals surface area contributed by atoms with Crippen molar-refractivity contribution in [2.24, 2.45) is 5.92 Å². The normalized spacial score (nSPS) is 15.4. The lowest BCUT2D eigenvalue weighted by molar-refractivity contribution is -0.140.